The first kappa shape index (κ1) is 46.0. The number of hydrogen-bond acceptors (Lipinski definition) is 10. The Kier molecular flexibility index (Phi) is 17.6. The zero-order chi connectivity index (χ0) is 37.5. The van der Waals surface area contributed by atoms with Crippen LogP contribution in [0.15, 0.2) is 117 Å². The molecular weight excluding hydrogens is 747 g/mol. The van der Waals surface area contributed by atoms with Crippen molar-refractivity contribution in [2.75, 3.05) is 13.2 Å². The summed E-state index contributed by atoms with van der Waals surface area (Å²) >= 11 is 0. The molecule has 54 heavy (non-hydrogen) atoms. The Bertz CT molecular complexity index is 2020. The number of fused-ring (bicyclic) bond motifs is 2. The molecule has 0 fully saturated rings. The van der Waals surface area contributed by atoms with Crippen molar-refractivity contribution in [2.45, 2.75) is 75.3 Å². The minimum atomic E-state index is -3.96. The van der Waals surface area contributed by atoms with Gasteiger partial charge in [-0.05, 0) is 79.3 Å². The molecule has 276 valence electrons. The molecule has 4 aromatic carbocycles. The standard InChI is InChI=1S/C40H46N2O8S2.2Na/c1-27(2)25-29(21-23-49-51(45,46)31-13-7-5-8-14-31)41-35-19-20-36(38-37(35)39(43)33-17-11-12-18-34(33)40(38)44)42-30(26-28(3)4)22-24-50-52(47,48)32-15-9-6-10-16-32;;/h5-20,27-30,43-44H,21-26H2,1-4H3;;/q;2*+1/p-1. The first-order valence-electron chi connectivity index (χ1n) is 17.4. The van der Waals surface area contributed by atoms with E-state index in [1.807, 2.05) is 27.7 Å². The number of nitrogens with zero attached hydrogens (tertiary/aromatic N) is 2. The van der Waals surface area contributed by atoms with Crippen molar-refractivity contribution < 1.29 is 94.5 Å². The number of phenols is 1. The van der Waals surface area contributed by atoms with Crippen molar-refractivity contribution in [1.29, 1.82) is 0 Å². The van der Waals surface area contributed by atoms with Crippen LogP contribution in [-0.4, -0.2) is 58.7 Å². The molecule has 1 aliphatic rings. The number of allylic oxidation sites excluding steroid dienone is 2. The van der Waals surface area contributed by atoms with Gasteiger partial charge >= 0.3 is 59.1 Å². The molecule has 0 bridgehead atoms. The molecule has 0 saturated heterocycles. The van der Waals surface area contributed by atoms with E-state index in [0.29, 0.717) is 35.0 Å². The number of aromatic hydroxyl groups is 1. The maximum absolute atomic E-state index is 14.2. The van der Waals surface area contributed by atoms with Gasteiger partial charge in [-0.15, -0.1) is 0 Å². The van der Waals surface area contributed by atoms with Gasteiger partial charge < -0.3 is 10.2 Å². The van der Waals surface area contributed by atoms with Crippen LogP contribution in [0.2, 0.25) is 0 Å². The van der Waals surface area contributed by atoms with Gasteiger partial charge in [-0.25, -0.2) is 0 Å². The van der Waals surface area contributed by atoms with Gasteiger partial charge in [0.2, 0.25) is 0 Å². The minimum absolute atomic E-state index is 0. The Morgan fingerprint density at radius 2 is 1.00 bits per heavy atom. The molecule has 1 aliphatic carbocycles. The van der Waals surface area contributed by atoms with Crippen LogP contribution in [-0.2, 0) is 28.6 Å². The number of benzene rings is 4. The van der Waals surface area contributed by atoms with E-state index in [1.54, 1.807) is 72.8 Å². The van der Waals surface area contributed by atoms with Crippen LogP contribution in [0, 0.1) is 11.8 Å². The third-order valence-corrected chi connectivity index (χ3v) is 11.3. The van der Waals surface area contributed by atoms with Gasteiger partial charge in [0.25, 0.3) is 20.2 Å². The molecule has 0 amide bonds. The first-order valence-corrected chi connectivity index (χ1v) is 20.3. The van der Waals surface area contributed by atoms with Crippen LogP contribution in [0.1, 0.15) is 64.5 Å². The number of aliphatic imine (C=N–C) groups is 2. The van der Waals surface area contributed by atoms with Crippen LogP contribution < -0.4 is 64.2 Å². The van der Waals surface area contributed by atoms with Crippen LogP contribution in [0.4, 0.5) is 0 Å². The first-order chi connectivity index (χ1) is 24.8. The number of hydrogen-bond donors (Lipinski definition) is 1. The Morgan fingerprint density at radius 1 is 0.611 bits per heavy atom. The van der Waals surface area contributed by atoms with Crippen molar-refractivity contribution in [2.24, 2.45) is 21.8 Å². The Balaban J connectivity index is 0.00000392. The Morgan fingerprint density at radius 3 is 1.43 bits per heavy atom. The molecule has 0 radical (unpaired) electrons. The SMILES string of the molecule is CC(C)CC(CCOS(=O)(=O)c1ccccc1)N=C1C=CC(=NC(CCOS(=O)(=O)c2ccccc2)CC(C)C)c2c1c([O-])c1ccccc1c2O.[Na+].[Na+]. The Hall–Kier alpha value is -2.36. The summed E-state index contributed by atoms with van der Waals surface area (Å²) in [7, 11) is -7.92. The molecule has 0 spiro atoms. The normalized spacial score (nSPS) is 15.6. The van der Waals surface area contributed by atoms with Crippen molar-refractivity contribution in [3.05, 3.63) is 108 Å². The van der Waals surface area contributed by atoms with Gasteiger partial charge in [-0.3, -0.25) is 18.4 Å². The third-order valence-electron chi connectivity index (χ3n) is 8.63. The van der Waals surface area contributed by atoms with E-state index in [1.165, 1.54) is 24.3 Å². The summed E-state index contributed by atoms with van der Waals surface area (Å²) < 4.78 is 61.9. The van der Waals surface area contributed by atoms with Gasteiger partial charge in [0, 0.05) is 10.9 Å². The van der Waals surface area contributed by atoms with E-state index < -0.39 is 32.3 Å². The average molecular weight is 792 g/mol. The molecule has 14 heteroatoms. The van der Waals surface area contributed by atoms with Crippen LogP contribution in [0.25, 0.3) is 10.8 Å². The zero-order valence-electron chi connectivity index (χ0n) is 31.8. The number of phenolic OH excluding ortho intramolecular Hbond substituents is 1. The zero-order valence-corrected chi connectivity index (χ0v) is 37.4. The molecule has 2 atom stereocenters. The fraction of sp³-hybridized carbons (Fsp3) is 0.350. The van der Waals surface area contributed by atoms with E-state index in [-0.39, 0.29) is 129 Å². The number of rotatable bonds is 16. The molecule has 1 N–H and O–H groups in total. The molecule has 0 aromatic heterocycles. The molecule has 4 aromatic rings. The smallest absolute Gasteiger partial charge is 0.872 e. The van der Waals surface area contributed by atoms with Crippen LogP contribution in [0.5, 0.6) is 11.5 Å². The van der Waals surface area contributed by atoms with E-state index in [4.69, 9.17) is 18.4 Å². The van der Waals surface area contributed by atoms with E-state index in [2.05, 4.69) is 0 Å². The van der Waals surface area contributed by atoms with Gasteiger partial charge in [0.05, 0.1) is 52.1 Å². The summed E-state index contributed by atoms with van der Waals surface area (Å²) in [6.45, 7) is 7.92. The molecule has 0 aliphatic heterocycles. The molecule has 0 saturated carbocycles. The Labute approximate surface area is 363 Å². The topological polar surface area (TPSA) is 155 Å². The summed E-state index contributed by atoms with van der Waals surface area (Å²) in [4.78, 5) is 10.1. The average Bonchev–Trinajstić information content (AvgIpc) is 3.11. The largest absolute Gasteiger partial charge is 1.00 e. The second-order valence-electron chi connectivity index (χ2n) is 13.7. The molecule has 0 heterocycles. The van der Waals surface area contributed by atoms with Crippen LogP contribution in [0.3, 0.4) is 0 Å². The quantitative estimate of drug-likeness (QED) is 0.131. The van der Waals surface area contributed by atoms with Gasteiger partial charge in [-0.1, -0.05) is 94.1 Å². The fourth-order valence-corrected chi connectivity index (χ4v) is 8.16. The predicted octanol–water partition coefficient (Wildman–Crippen LogP) is 1.20. The molecule has 10 nitrogen and oxygen atoms in total. The second-order valence-corrected chi connectivity index (χ2v) is 16.9. The van der Waals surface area contributed by atoms with Crippen molar-refractivity contribution in [1.82, 2.24) is 0 Å². The van der Waals surface area contributed by atoms with Crippen LogP contribution >= 0.6 is 0 Å². The van der Waals surface area contributed by atoms with Gasteiger partial charge in [0.15, 0.2) is 0 Å². The maximum Gasteiger partial charge on any atom is 1.00 e. The minimum Gasteiger partial charge on any atom is -0.872 e. The van der Waals surface area contributed by atoms with E-state index in [9.17, 15) is 27.0 Å². The van der Waals surface area contributed by atoms with E-state index >= 15 is 0 Å². The molecule has 5 rings (SSSR count). The maximum atomic E-state index is 14.2. The van der Waals surface area contributed by atoms with Gasteiger partial charge in [-0.2, -0.15) is 16.8 Å². The molecular formula is C40H45N2Na2O8S2+. The monoisotopic (exact) mass is 791 g/mol. The fourth-order valence-electron chi connectivity index (χ4n) is 6.27. The van der Waals surface area contributed by atoms with E-state index in [0.717, 1.165) is 0 Å². The predicted molar refractivity (Wildman–Crippen MR) is 202 cm³/mol. The van der Waals surface area contributed by atoms with Crippen molar-refractivity contribution in [3.63, 3.8) is 0 Å². The summed E-state index contributed by atoms with van der Waals surface area (Å²) in [6.07, 6.45) is 5.16. The summed E-state index contributed by atoms with van der Waals surface area (Å²) in [6, 6.07) is 21.9. The third kappa shape index (κ3) is 11.8. The summed E-state index contributed by atoms with van der Waals surface area (Å²) in [5.74, 6) is -0.0204. The summed E-state index contributed by atoms with van der Waals surface area (Å²) in [5, 5.41) is 26.6. The second kappa shape index (κ2) is 20.7. The van der Waals surface area contributed by atoms with Crippen molar-refractivity contribution in [3.8, 4) is 11.5 Å². The van der Waals surface area contributed by atoms with Crippen molar-refractivity contribution >= 4 is 42.4 Å². The van der Waals surface area contributed by atoms with Gasteiger partial charge in [0.1, 0.15) is 5.75 Å². The summed E-state index contributed by atoms with van der Waals surface area (Å²) in [5.41, 5.74) is 1.19. The molecule has 2 unspecified atom stereocenters.